The maximum atomic E-state index is 6.37. The Kier molecular flexibility index (Phi) is 23.2. The molecule has 0 bridgehead atoms. The number of rotatable bonds is 10. The molecule has 740 valence electrons. The van der Waals surface area contributed by atoms with E-state index in [2.05, 4.69) is 356 Å². The summed E-state index contributed by atoms with van der Waals surface area (Å²) in [6.45, 7) is 40.3. The van der Waals surface area contributed by atoms with Crippen LogP contribution in [0.15, 0.2) is 314 Å². The summed E-state index contributed by atoms with van der Waals surface area (Å²) in [5, 5.41) is 10.6. The maximum Gasteiger partial charge on any atom is 0.227 e. The number of anilines is 18. The minimum atomic E-state index is -0.0352. The molecular formula is C122H112N22O5. The van der Waals surface area contributed by atoms with Gasteiger partial charge in [0.2, 0.25) is 28.6 Å². The second-order valence-electron chi connectivity index (χ2n) is 39.6. The molecule has 15 aromatic heterocycles. The Labute approximate surface area is 862 Å². The largest absolute Gasteiger partial charge is 0.435 e. The SMILES string of the molecule is Cc1ccc2c(n1)oc1c(N3c4cccnc4N(C(C)C)C3C)c(C)ccc12.Cc1ccc2c(n1)oc1c(N3c4cccnc4N(c4ccccc4)C3C)c(C)ccc12.Cc1ccc2c(n1)oc1c(N3c4ncccc4N(c4ccccc4)C3C)c(C)ccc12.Cc1ccc2c(n1)oc1c(N3c4nccnc4N(C(C)C)C3C)c(C)ccc12.Cc1ccc2c(n1)oc1c(N3c4nccnc4N(c4ccccc4)C3C)c(C)ccc12. The Bertz CT molecular complexity index is 8460. The van der Waals surface area contributed by atoms with E-state index >= 15 is 0 Å². The van der Waals surface area contributed by atoms with Gasteiger partial charge in [0.1, 0.15) is 30.8 Å². The molecule has 149 heavy (non-hydrogen) atoms. The monoisotopic (exact) mass is 1960 g/mol. The summed E-state index contributed by atoms with van der Waals surface area (Å²) < 4.78 is 31.7. The van der Waals surface area contributed by atoms with Crippen LogP contribution in [-0.4, -0.2) is 103 Å². The highest BCUT2D eigenvalue weighted by Gasteiger charge is 2.46. The first-order valence-corrected chi connectivity index (χ1v) is 50.8. The summed E-state index contributed by atoms with van der Waals surface area (Å²) in [4.78, 5) is 78.9. The van der Waals surface area contributed by atoms with Crippen LogP contribution in [0.1, 0.15) is 119 Å². The van der Waals surface area contributed by atoms with Gasteiger partial charge in [-0.1, -0.05) is 115 Å². The van der Waals surface area contributed by atoms with Crippen molar-refractivity contribution in [3.63, 3.8) is 0 Å². The predicted octanol–water partition coefficient (Wildman–Crippen LogP) is 30.1. The van der Waals surface area contributed by atoms with Gasteiger partial charge in [0.15, 0.2) is 68.6 Å². The van der Waals surface area contributed by atoms with E-state index in [-0.39, 0.29) is 30.8 Å². The van der Waals surface area contributed by atoms with E-state index in [4.69, 9.17) is 42.0 Å². The summed E-state index contributed by atoms with van der Waals surface area (Å²) in [6.07, 6.45) is 12.8. The van der Waals surface area contributed by atoms with Crippen molar-refractivity contribution < 1.29 is 22.1 Å². The van der Waals surface area contributed by atoms with Gasteiger partial charge >= 0.3 is 0 Å². The molecule has 0 N–H and O–H groups in total. The van der Waals surface area contributed by atoms with Gasteiger partial charge in [0.25, 0.3) is 0 Å². The minimum absolute atomic E-state index is 0.0273. The standard InChI is InChI=1S/2C26H22N4O.C25H21N5O.C23H24N4O.C22H23N5O/c1-16-11-13-20-21-14-12-17(2)28-26(21)31-24(20)23(16)30-18(3)29(19-8-5-4-6-9-19)25-22(30)10-7-15-27-25;1-16-11-13-20-21-14-12-17(2)28-26(21)31-24(20)23(16)30-18(3)29(19-8-5-4-6-9-19)22-10-7-15-27-25(22)30;1-15-9-11-19-20-12-10-16(2)28-25(20)31-22(19)21(15)30-17(3)29(18-7-5-4-6-8-18)23-24(30)27-14-13-26-23;1-13(2)26-16(5)27(19-7-6-12-24-22(19)26)20-14(3)8-10-17-18-11-9-15(4)25-23(18)28-21(17)20;1-12(2)26-15(5)27(21-20(26)23-10-11-24-21)18-13(3)6-8-16-17-9-7-14(4)25-22(17)28-19(16)18/h2*4-15,18H,1-3H3;4-14,17H,1-3H3;6-13,16H,1-5H3;6-12,15H,1-5H3. The summed E-state index contributed by atoms with van der Waals surface area (Å²) in [5.41, 5.74) is 30.0. The van der Waals surface area contributed by atoms with Gasteiger partial charge < -0.3 is 56.4 Å². The van der Waals surface area contributed by atoms with E-state index < -0.39 is 0 Å². The minimum Gasteiger partial charge on any atom is -0.435 e. The molecule has 0 aliphatic carbocycles. The molecule has 5 unspecified atom stereocenters. The topological polar surface area (TPSA) is 253 Å². The first-order valence-electron chi connectivity index (χ1n) is 50.8. The van der Waals surface area contributed by atoms with Crippen molar-refractivity contribution in [3.05, 3.63) is 348 Å². The number of hydrogen-bond acceptors (Lipinski definition) is 27. The molecule has 8 aromatic carbocycles. The van der Waals surface area contributed by atoms with Crippen LogP contribution in [0.4, 0.5) is 103 Å². The molecule has 5 atom stereocenters. The molecule has 0 spiro atoms. The first kappa shape index (κ1) is 93.5. The van der Waals surface area contributed by atoms with E-state index in [0.29, 0.717) is 40.7 Å². The number of pyridine rings is 8. The number of hydrogen-bond donors (Lipinski definition) is 0. The van der Waals surface area contributed by atoms with Crippen molar-refractivity contribution in [1.82, 2.24) is 59.8 Å². The van der Waals surface area contributed by atoms with Crippen LogP contribution in [0.25, 0.3) is 110 Å². The Morgan fingerprint density at radius 3 is 0.779 bits per heavy atom. The smallest absolute Gasteiger partial charge is 0.227 e. The normalized spacial score (nSPS) is 16.1. The lowest BCUT2D eigenvalue weighted by Gasteiger charge is -2.33. The second-order valence-corrected chi connectivity index (χ2v) is 39.6. The van der Waals surface area contributed by atoms with Crippen molar-refractivity contribution in [3.8, 4) is 0 Å². The number of aryl methyl sites for hydroxylation is 10. The van der Waals surface area contributed by atoms with Crippen LogP contribution in [0.5, 0.6) is 0 Å². The van der Waals surface area contributed by atoms with Gasteiger partial charge in [-0.3, -0.25) is 14.7 Å². The van der Waals surface area contributed by atoms with Crippen LogP contribution in [0.2, 0.25) is 0 Å². The van der Waals surface area contributed by atoms with Crippen LogP contribution >= 0.6 is 0 Å². The van der Waals surface area contributed by atoms with E-state index in [0.717, 1.165) is 236 Å². The Hall–Kier alpha value is -17.9. The molecule has 0 radical (unpaired) electrons. The molecular weight excluding hydrogens is 1850 g/mol. The third-order valence-corrected chi connectivity index (χ3v) is 29.4. The van der Waals surface area contributed by atoms with Crippen molar-refractivity contribution in [1.29, 1.82) is 0 Å². The van der Waals surface area contributed by atoms with E-state index in [1.165, 1.54) is 5.56 Å². The van der Waals surface area contributed by atoms with Gasteiger partial charge in [0.05, 0.1) is 45.5 Å². The predicted molar refractivity (Wildman–Crippen MR) is 601 cm³/mol. The van der Waals surface area contributed by atoms with Crippen molar-refractivity contribution >= 4 is 214 Å². The van der Waals surface area contributed by atoms with Gasteiger partial charge in [0, 0.05) is 155 Å². The molecule has 23 aromatic rings. The lowest BCUT2D eigenvalue weighted by molar-refractivity contribution is 0.597. The zero-order valence-corrected chi connectivity index (χ0v) is 86.6. The van der Waals surface area contributed by atoms with Crippen LogP contribution < -0.4 is 49.0 Å². The maximum absolute atomic E-state index is 6.37. The molecule has 20 heterocycles. The Balaban J connectivity index is 0.0000000994. The lowest BCUT2D eigenvalue weighted by atomic mass is 10.1. The summed E-state index contributed by atoms with van der Waals surface area (Å²) in [6, 6.07) is 86.2. The zero-order chi connectivity index (χ0) is 102. The molecule has 5 aliphatic heterocycles. The number of benzene rings is 8. The van der Waals surface area contributed by atoms with Crippen molar-refractivity contribution in [2.75, 3.05) is 49.0 Å². The summed E-state index contributed by atoms with van der Waals surface area (Å²) >= 11 is 0. The van der Waals surface area contributed by atoms with Crippen molar-refractivity contribution in [2.45, 2.75) is 174 Å². The van der Waals surface area contributed by atoms with Crippen molar-refractivity contribution in [2.24, 2.45) is 0 Å². The van der Waals surface area contributed by atoms with Gasteiger partial charge in [-0.25, -0.2) is 59.8 Å². The average molecular weight is 1970 g/mol. The Morgan fingerprint density at radius 2 is 0.430 bits per heavy atom. The molecule has 5 aliphatic rings. The number of fused-ring (bicyclic) bond motifs is 20. The number of nitrogens with zero attached hydrogens (tertiary/aromatic N) is 22. The molecule has 27 nitrogen and oxygen atoms in total. The highest BCUT2D eigenvalue weighted by atomic mass is 16.4. The third kappa shape index (κ3) is 15.5. The quantitative estimate of drug-likeness (QED) is 0.123. The fourth-order valence-electron chi connectivity index (χ4n) is 22.7. The lowest BCUT2D eigenvalue weighted by Crippen LogP contribution is -2.42. The highest BCUT2D eigenvalue weighted by molar-refractivity contribution is 6.15. The number of furan rings is 5. The fraction of sp³-hybridized carbons (Fsp3) is 0.213. The highest BCUT2D eigenvalue weighted by Crippen LogP contribution is 2.57. The van der Waals surface area contributed by atoms with Crippen LogP contribution in [-0.2, 0) is 0 Å². The van der Waals surface area contributed by atoms with Gasteiger partial charge in [-0.15, -0.1) is 0 Å². The van der Waals surface area contributed by atoms with E-state index in [1.807, 2.05) is 132 Å². The molecule has 28 rings (SSSR count). The van der Waals surface area contributed by atoms with E-state index in [1.54, 1.807) is 24.8 Å². The second kappa shape index (κ2) is 37.0. The summed E-state index contributed by atoms with van der Waals surface area (Å²) in [5.74, 6) is 6.32. The molecule has 27 heteroatoms. The average Bonchev–Trinajstić information content (AvgIpc) is 1.59. The molecule has 0 saturated carbocycles. The summed E-state index contributed by atoms with van der Waals surface area (Å²) in [7, 11) is 0. The fourth-order valence-corrected chi connectivity index (χ4v) is 22.7. The number of para-hydroxylation sites is 3. The number of aromatic nitrogens is 12. The van der Waals surface area contributed by atoms with Crippen LogP contribution in [0, 0.1) is 69.2 Å². The molecule has 0 saturated heterocycles. The first-order chi connectivity index (χ1) is 72.3. The van der Waals surface area contributed by atoms with Gasteiger partial charge in [-0.05, 0) is 293 Å². The third-order valence-electron chi connectivity index (χ3n) is 29.4. The molecule has 0 fully saturated rings. The van der Waals surface area contributed by atoms with Gasteiger partial charge in [-0.2, -0.15) is 0 Å². The van der Waals surface area contributed by atoms with Crippen LogP contribution in [0.3, 0.4) is 0 Å². The molecule has 0 amide bonds. The van der Waals surface area contributed by atoms with E-state index in [9.17, 15) is 0 Å². The zero-order valence-electron chi connectivity index (χ0n) is 86.6. The Morgan fingerprint density at radius 1 is 0.201 bits per heavy atom.